The Morgan fingerprint density at radius 3 is 2.88 bits per heavy atom. The average molecular weight is 241 g/mol. The molecule has 1 heterocycles. The highest BCUT2D eigenvalue weighted by atomic mass is 16.5. The molecule has 1 fully saturated rings. The highest BCUT2D eigenvalue weighted by Gasteiger charge is 2.25. The van der Waals surface area contributed by atoms with Crippen molar-refractivity contribution in [3.8, 4) is 0 Å². The maximum atomic E-state index is 11.4. The third-order valence-electron chi connectivity index (χ3n) is 3.71. The summed E-state index contributed by atoms with van der Waals surface area (Å²) in [5.41, 5.74) is 0. The third-order valence-corrected chi connectivity index (χ3v) is 3.71. The second-order valence-electron chi connectivity index (χ2n) is 5.32. The van der Waals surface area contributed by atoms with Crippen LogP contribution in [0.3, 0.4) is 0 Å². The van der Waals surface area contributed by atoms with Crippen molar-refractivity contribution in [2.24, 2.45) is 5.92 Å². The minimum Gasteiger partial charge on any atom is -0.469 e. The molecule has 3 heteroatoms. The van der Waals surface area contributed by atoms with Crippen molar-refractivity contribution in [2.75, 3.05) is 20.2 Å². The van der Waals surface area contributed by atoms with E-state index >= 15 is 0 Å². The first-order valence-corrected chi connectivity index (χ1v) is 6.98. The van der Waals surface area contributed by atoms with Crippen molar-refractivity contribution >= 4 is 5.97 Å². The van der Waals surface area contributed by atoms with Gasteiger partial charge in [-0.25, -0.2) is 0 Å². The van der Waals surface area contributed by atoms with E-state index in [0.29, 0.717) is 12.5 Å². The molecule has 0 aromatic carbocycles. The fourth-order valence-electron chi connectivity index (χ4n) is 2.79. The van der Waals surface area contributed by atoms with E-state index in [1.54, 1.807) is 0 Å². The number of esters is 1. The molecule has 1 rings (SSSR count). The number of ether oxygens (including phenoxy) is 1. The van der Waals surface area contributed by atoms with Crippen molar-refractivity contribution in [3.05, 3.63) is 0 Å². The fourth-order valence-corrected chi connectivity index (χ4v) is 2.79. The van der Waals surface area contributed by atoms with Gasteiger partial charge in [-0.05, 0) is 31.7 Å². The predicted molar refractivity (Wildman–Crippen MR) is 69.9 cm³/mol. The lowest BCUT2D eigenvalue weighted by atomic mass is 9.96. The fraction of sp³-hybridized carbons (Fsp3) is 0.929. The number of hydrogen-bond acceptors (Lipinski definition) is 3. The Labute approximate surface area is 106 Å². The topological polar surface area (TPSA) is 29.5 Å². The summed E-state index contributed by atoms with van der Waals surface area (Å²) in [5.74, 6) is 0.670. The summed E-state index contributed by atoms with van der Waals surface area (Å²) in [4.78, 5) is 13.9. The van der Waals surface area contributed by atoms with Crippen LogP contribution in [0.25, 0.3) is 0 Å². The highest BCUT2D eigenvalue weighted by Crippen LogP contribution is 2.22. The Kier molecular flexibility index (Phi) is 6.56. The molecule has 1 aliphatic rings. The Balaban J connectivity index is 2.44. The SMILES string of the molecule is CCCC(C)CN1CCCCC1CC(=O)OC. The predicted octanol–water partition coefficient (Wildman–Crippen LogP) is 2.84. The molecule has 0 aromatic heterocycles. The van der Waals surface area contributed by atoms with Crippen molar-refractivity contribution in [2.45, 2.75) is 58.4 Å². The summed E-state index contributed by atoms with van der Waals surface area (Å²) in [7, 11) is 1.48. The maximum Gasteiger partial charge on any atom is 0.307 e. The zero-order chi connectivity index (χ0) is 12.7. The number of carbonyl (C=O) groups is 1. The largest absolute Gasteiger partial charge is 0.469 e. The monoisotopic (exact) mass is 241 g/mol. The van der Waals surface area contributed by atoms with Crippen LogP contribution in [0.2, 0.25) is 0 Å². The Hall–Kier alpha value is -0.570. The van der Waals surface area contributed by atoms with Gasteiger partial charge in [-0.2, -0.15) is 0 Å². The molecule has 2 atom stereocenters. The van der Waals surface area contributed by atoms with Gasteiger partial charge in [0.05, 0.1) is 13.5 Å². The van der Waals surface area contributed by atoms with E-state index in [-0.39, 0.29) is 5.97 Å². The van der Waals surface area contributed by atoms with E-state index in [1.165, 1.54) is 32.8 Å². The van der Waals surface area contributed by atoms with E-state index in [1.807, 2.05) is 0 Å². The van der Waals surface area contributed by atoms with Gasteiger partial charge in [0.1, 0.15) is 0 Å². The molecule has 1 aliphatic heterocycles. The number of piperidine rings is 1. The number of methoxy groups -OCH3 is 1. The van der Waals surface area contributed by atoms with Crippen molar-refractivity contribution in [1.29, 1.82) is 0 Å². The molecule has 0 bridgehead atoms. The average Bonchev–Trinajstić information content (AvgIpc) is 2.31. The van der Waals surface area contributed by atoms with Crippen LogP contribution < -0.4 is 0 Å². The van der Waals surface area contributed by atoms with Crippen molar-refractivity contribution in [3.63, 3.8) is 0 Å². The molecule has 0 saturated carbocycles. The van der Waals surface area contributed by atoms with E-state index < -0.39 is 0 Å². The number of carbonyl (C=O) groups excluding carboxylic acids is 1. The number of hydrogen-bond donors (Lipinski definition) is 0. The Morgan fingerprint density at radius 1 is 1.47 bits per heavy atom. The van der Waals surface area contributed by atoms with Gasteiger partial charge in [0.25, 0.3) is 0 Å². The zero-order valence-electron chi connectivity index (χ0n) is 11.6. The molecular formula is C14H27NO2. The first-order chi connectivity index (χ1) is 8.17. The number of nitrogens with zero attached hydrogens (tertiary/aromatic N) is 1. The van der Waals surface area contributed by atoms with Crippen LogP contribution in [-0.2, 0) is 9.53 Å². The van der Waals surface area contributed by atoms with Gasteiger partial charge in [-0.1, -0.05) is 26.7 Å². The summed E-state index contributed by atoms with van der Waals surface area (Å²) in [6.07, 6.45) is 6.76. The van der Waals surface area contributed by atoms with Gasteiger partial charge in [-0.15, -0.1) is 0 Å². The van der Waals surface area contributed by atoms with E-state index in [2.05, 4.69) is 18.7 Å². The standard InChI is InChI=1S/C14H27NO2/c1-4-7-12(2)11-15-9-6-5-8-13(15)10-14(16)17-3/h12-13H,4-11H2,1-3H3. The summed E-state index contributed by atoms with van der Waals surface area (Å²) in [6.45, 7) is 6.83. The van der Waals surface area contributed by atoms with Crippen molar-refractivity contribution < 1.29 is 9.53 Å². The van der Waals surface area contributed by atoms with Crippen LogP contribution in [-0.4, -0.2) is 37.1 Å². The van der Waals surface area contributed by atoms with Crippen LogP contribution in [0.4, 0.5) is 0 Å². The van der Waals surface area contributed by atoms with Gasteiger partial charge in [0.15, 0.2) is 0 Å². The second-order valence-corrected chi connectivity index (χ2v) is 5.32. The van der Waals surface area contributed by atoms with Gasteiger partial charge >= 0.3 is 5.97 Å². The van der Waals surface area contributed by atoms with Gasteiger partial charge in [-0.3, -0.25) is 9.69 Å². The summed E-state index contributed by atoms with van der Waals surface area (Å²) < 4.78 is 4.79. The van der Waals surface area contributed by atoms with Crippen LogP contribution in [0.15, 0.2) is 0 Å². The summed E-state index contributed by atoms with van der Waals surface area (Å²) in [5, 5.41) is 0. The first kappa shape index (κ1) is 14.5. The quantitative estimate of drug-likeness (QED) is 0.670. The van der Waals surface area contributed by atoms with Crippen molar-refractivity contribution in [1.82, 2.24) is 4.90 Å². The summed E-state index contributed by atoms with van der Waals surface area (Å²) >= 11 is 0. The normalized spacial score (nSPS) is 23.4. The maximum absolute atomic E-state index is 11.4. The number of likely N-dealkylation sites (tertiary alicyclic amines) is 1. The molecule has 2 unspecified atom stereocenters. The molecule has 100 valence electrons. The first-order valence-electron chi connectivity index (χ1n) is 6.98. The molecule has 0 aliphatic carbocycles. The Morgan fingerprint density at radius 2 is 2.24 bits per heavy atom. The molecule has 0 amide bonds. The lowest BCUT2D eigenvalue weighted by Gasteiger charge is -2.36. The number of rotatable bonds is 6. The van der Waals surface area contributed by atoms with E-state index in [9.17, 15) is 4.79 Å². The van der Waals surface area contributed by atoms with Crippen LogP contribution >= 0.6 is 0 Å². The zero-order valence-corrected chi connectivity index (χ0v) is 11.6. The lowest BCUT2D eigenvalue weighted by Crippen LogP contribution is -2.43. The van der Waals surface area contributed by atoms with Crippen LogP contribution in [0.1, 0.15) is 52.4 Å². The third kappa shape index (κ3) is 5.07. The molecule has 3 nitrogen and oxygen atoms in total. The molecule has 0 spiro atoms. The minimum atomic E-state index is -0.0648. The van der Waals surface area contributed by atoms with Gasteiger partial charge in [0, 0.05) is 12.6 Å². The molecule has 0 N–H and O–H groups in total. The molecular weight excluding hydrogens is 214 g/mol. The smallest absolute Gasteiger partial charge is 0.307 e. The Bertz CT molecular complexity index is 230. The van der Waals surface area contributed by atoms with E-state index in [0.717, 1.165) is 25.4 Å². The summed E-state index contributed by atoms with van der Waals surface area (Å²) in [6, 6.07) is 0.413. The minimum absolute atomic E-state index is 0.0648. The van der Waals surface area contributed by atoms with E-state index in [4.69, 9.17) is 4.74 Å². The molecule has 1 saturated heterocycles. The molecule has 0 aromatic rings. The van der Waals surface area contributed by atoms with Crippen LogP contribution in [0, 0.1) is 5.92 Å². The molecule has 17 heavy (non-hydrogen) atoms. The molecule has 0 radical (unpaired) electrons. The van der Waals surface area contributed by atoms with Gasteiger partial charge < -0.3 is 4.74 Å². The highest BCUT2D eigenvalue weighted by molar-refractivity contribution is 5.69. The lowest BCUT2D eigenvalue weighted by molar-refractivity contribution is -0.142. The van der Waals surface area contributed by atoms with Crippen LogP contribution in [0.5, 0.6) is 0 Å². The van der Waals surface area contributed by atoms with Gasteiger partial charge in [0.2, 0.25) is 0 Å². The second kappa shape index (κ2) is 7.70.